The number of halogens is 1. The van der Waals surface area contributed by atoms with Crippen LogP contribution in [0, 0.1) is 0 Å². The highest BCUT2D eigenvalue weighted by Gasteiger charge is 2.17. The number of aliphatic imine (C=N–C) groups is 1. The highest BCUT2D eigenvalue weighted by atomic mass is 127. The van der Waals surface area contributed by atoms with Crippen LogP contribution in [0.15, 0.2) is 15.6 Å². The Morgan fingerprint density at radius 1 is 1.36 bits per heavy atom. The zero-order valence-electron chi connectivity index (χ0n) is 16.7. The topological polar surface area (TPSA) is 118 Å². The lowest BCUT2D eigenvalue weighted by Gasteiger charge is -2.22. The predicted molar refractivity (Wildman–Crippen MR) is 120 cm³/mol. The highest BCUT2D eigenvalue weighted by molar-refractivity contribution is 14.0. The number of rotatable bonds is 9. The number of nitrogens with one attached hydrogen (secondary N) is 3. The molecule has 0 radical (unpaired) electrons. The number of ether oxygens (including phenoxy) is 1. The van der Waals surface area contributed by atoms with Gasteiger partial charge in [-0.15, -0.1) is 24.0 Å². The van der Waals surface area contributed by atoms with Gasteiger partial charge in [-0.05, 0) is 25.2 Å². The second-order valence-corrected chi connectivity index (χ2v) is 8.81. The van der Waals surface area contributed by atoms with Crippen molar-refractivity contribution in [2.75, 3.05) is 32.5 Å². The quantitative estimate of drug-likeness (QED) is 0.253. The fourth-order valence-corrected chi connectivity index (χ4v) is 3.60. The molecule has 162 valence electrons. The number of guanidine groups is 1. The monoisotopic (exact) mass is 529 g/mol. The van der Waals surface area contributed by atoms with E-state index in [0.29, 0.717) is 37.3 Å². The largest absolute Gasteiger partial charge is 0.377 e. The molecule has 2 rings (SSSR count). The van der Waals surface area contributed by atoms with Gasteiger partial charge < -0.3 is 19.9 Å². The molecule has 1 aliphatic rings. The first kappa shape index (κ1) is 25.1. The zero-order chi connectivity index (χ0) is 19.7. The van der Waals surface area contributed by atoms with E-state index in [1.165, 1.54) is 0 Å². The summed E-state index contributed by atoms with van der Waals surface area (Å²) in [5, 5.41) is 10.1. The second-order valence-electron chi connectivity index (χ2n) is 6.88. The van der Waals surface area contributed by atoms with Gasteiger partial charge in [0.1, 0.15) is 0 Å². The molecule has 0 amide bonds. The van der Waals surface area contributed by atoms with E-state index in [2.05, 4.69) is 25.5 Å². The van der Waals surface area contributed by atoms with Crippen LogP contribution in [0.3, 0.4) is 0 Å². The van der Waals surface area contributed by atoms with E-state index in [4.69, 9.17) is 9.26 Å². The maximum atomic E-state index is 12.1. The van der Waals surface area contributed by atoms with Gasteiger partial charge in [0.05, 0.1) is 24.1 Å². The Morgan fingerprint density at radius 3 is 2.75 bits per heavy atom. The molecule has 1 aromatic heterocycles. The molecule has 1 unspecified atom stereocenters. The van der Waals surface area contributed by atoms with Crippen molar-refractivity contribution in [3.63, 3.8) is 0 Å². The zero-order valence-corrected chi connectivity index (χ0v) is 19.9. The lowest BCUT2D eigenvalue weighted by Crippen LogP contribution is -2.42. The fourth-order valence-electron chi connectivity index (χ4n) is 2.64. The average Bonchev–Trinajstić information content (AvgIpc) is 3.13. The van der Waals surface area contributed by atoms with E-state index in [9.17, 15) is 8.42 Å². The minimum atomic E-state index is -3.36. The molecule has 3 N–H and O–H groups in total. The maximum absolute atomic E-state index is 12.1. The summed E-state index contributed by atoms with van der Waals surface area (Å²) in [5.74, 6) is 1.46. The third-order valence-electron chi connectivity index (χ3n) is 4.29. The second kappa shape index (κ2) is 12.6. The number of hydrogen-bond acceptors (Lipinski definition) is 6. The van der Waals surface area contributed by atoms with Crippen LogP contribution in [0.25, 0.3) is 0 Å². The fraction of sp³-hybridized carbons (Fsp3) is 0.765. The molecule has 1 fully saturated rings. The summed E-state index contributed by atoms with van der Waals surface area (Å²) in [7, 11) is -1.73. The molecular weight excluding hydrogens is 497 g/mol. The molecule has 0 bridgehead atoms. The Kier molecular flexibility index (Phi) is 11.3. The Balaban J connectivity index is 0.00000392. The summed E-state index contributed by atoms with van der Waals surface area (Å²) >= 11 is 0. The van der Waals surface area contributed by atoms with E-state index < -0.39 is 10.0 Å². The molecular formula is C17H32IN5O4S. The highest BCUT2D eigenvalue weighted by Crippen LogP contribution is 2.13. The summed E-state index contributed by atoms with van der Waals surface area (Å²) in [5.41, 5.74) is 0.897. The third kappa shape index (κ3) is 9.05. The Bertz CT molecular complexity index is 702. The van der Waals surface area contributed by atoms with Crippen molar-refractivity contribution in [3.8, 4) is 0 Å². The first-order valence-corrected chi connectivity index (χ1v) is 11.0. The summed E-state index contributed by atoms with van der Waals surface area (Å²) < 4.78 is 37.6. The minimum Gasteiger partial charge on any atom is -0.377 e. The molecule has 0 aliphatic carbocycles. The lowest BCUT2D eigenvalue weighted by atomic mass is 10.1. The Labute approximate surface area is 184 Å². The van der Waals surface area contributed by atoms with E-state index in [-0.39, 0.29) is 42.4 Å². The molecule has 1 aromatic rings. The van der Waals surface area contributed by atoms with E-state index in [1.807, 2.05) is 19.9 Å². The minimum absolute atomic E-state index is 0. The van der Waals surface area contributed by atoms with Crippen LogP contribution in [0.2, 0.25) is 0 Å². The molecule has 1 atom stereocenters. The van der Waals surface area contributed by atoms with Gasteiger partial charge >= 0.3 is 0 Å². The van der Waals surface area contributed by atoms with E-state index in [1.54, 1.807) is 7.05 Å². The average molecular weight is 529 g/mol. The van der Waals surface area contributed by atoms with Gasteiger partial charge in [-0.2, -0.15) is 0 Å². The molecule has 0 spiro atoms. The van der Waals surface area contributed by atoms with Crippen molar-refractivity contribution < 1.29 is 17.7 Å². The normalized spacial score (nSPS) is 18.0. The summed E-state index contributed by atoms with van der Waals surface area (Å²) in [6, 6.07) is 1.90. The standard InChI is InChI=1S/C17H31N5O4S.HI/c1-13(2)16-10-15(26-22-16)11-20-17(18-3)19-7-9-27(23,24)21-12-14-6-4-5-8-25-14;/h10,13-14,21H,4-9,11-12H2,1-3H3,(H2,18,19,20);1H. The van der Waals surface area contributed by atoms with Crippen molar-refractivity contribution in [1.29, 1.82) is 0 Å². The summed E-state index contributed by atoms with van der Waals surface area (Å²) in [6.45, 7) is 5.80. The summed E-state index contributed by atoms with van der Waals surface area (Å²) in [6.07, 6.45) is 3.01. The molecule has 0 aromatic carbocycles. The first-order valence-electron chi connectivity index (χ1n) is 9.38. The van der Waals surface area contributed by atoms with Crippen LogP contribution >= 0.6 is 24.0 Å². The van der Waals surface area contributed by atoms with Gasteiger partial charge in [0.2, 0.25) is 10.0 Å². The van der Waals surface area contributed by atoms with Crippen molar-refractivity contribution in [1.82, 2.24) is 20.5 Å². The van der Waals surface area contributed by atoms with Crippen LogP contribution in [-0.2, 0) is 21.3 Å². The van der Waals surface area contributed by atoms with Crippen LogP contribution < -0.4 is 15.4 Å². The van der Waals surface area contributed by atoms with Gasteiger partial charge in [0.25, 0.3) is 0 Å². The van der Waals surface area contributed by atoms with Gasteiger partial charge in [-0.1, -0.05) is 19.0 Å². The Hall–Kier alpha value is -0.920. The summed E-state index contributed by atoms with van der Waals surface area (Å²) in [4.78, 5) is 4.08. The number of hydrogen-bond donors (Lipinski definition) is 3. The van der Waals surface area contributed by atoms with Crippen LogP contribution in [0.1, 0.15) is 50.5 Å². The predicted octanol–water partition coefficient (Wildman–Crippen LogP) is 1.57. The molecule has 0 saturated carbocycles. The number of sulfonamides is 1. The van der Waals surface area contributed by atoms with E-state index >= 15 is 0 Å². The van der Waals surface area contributed by atoms with Crippen LogP contribution in [0.5, 0.6) is 0 Å². The van der Waals surface area contributed by atoms with Gasteiger partial charge in [-0.25, -0.2) is 13.1 Å². The van der Waals surface area contributed by atoms with Crippen molar-refractivity contribution in [2.45, 2.75) is 51.7 Å². The van der Waals surface area contributed by atoms with Gasteiger partial charge in [0, 0.05) is 32.8 Å². The molecule has 1 aliphatic heterocycles. The SMILES string of the molecule is CN=C(NCCS(=O)(=O)NCC1CCCCO1)NCc1cc(C(C)C)no1.I. The third-order valence-corrected chi connectivity index (χ3v) is 5.64. The van der Waals surface area contributed by atoms with E-state index in [0.717, 1.165) is 25.0 Å². The molecule has 1 saturated heterocycles. The van der Waals surface area contributed by atoms with Crippen molar-refractivity contribution in [3.05, 3.63) is 17.5 Å². The Morgan fingerprint density at radius 2 is 2.14 bits per heavy atom. The molecule has 2 heterocycles. The number of nitrogens with zero attached hydrogens (tertiary/aromatic N) is 2. The van der Waals surface area contributed by atoms with Crippen LogP contribution in [-0.4, -0.2) is 58.1 Å². The molecule has 28 heavy (non-hydrogen) atoms. The van der Waals surface area contributed by atoms with Gasteiger partial charge in [-0.3, -0.25) is 4.99 Å². The molecule has 11 heteroatoms. The maximum Gasteiger partial charge on any atom is 0.213 e. The smallest absolute Gasteiger partial charge is 0.213 e. The molecule has 9 nitrogen and oxygen atoms in total. The number of aromatic nitrogens is 1. The van der Waals surface area contributed by atoms with Crippen molar-refractivity contribution >= 4 is 40.0 Å². The van der Waals surface area contributed by atoms with Crippen molar-refractivity contribution in [2.24, 2.45) is 4.99 Å². The lowest BCUT2D eigenvalue weighted by molar-refractivity contribution is 0.0200. The van der Waals surface area contributed by atoms with Crippen LogP contribution in [0.4, 0.5) is 0 Å². The van der Waals surface area contributed by atoms with Gasteiger partial charge in [0.15, 0.2) is 11.7 Å². The first-order chi connectivity index (χ1) is 12.9.